The average molecular weight is 358 g/mol. The number of ether oxygens (including phenoxy) is 2. The van der Waals surface area contributed by atoms with Gasteiger partial charge in [0.2, 0.25) is 20.0 Å². The van der Waals surface area contributed by atoms with Crippen molar-refractivity contribution in [3.8, 4) is 0 Å². The highest BCUT2D eigenvalue weighted by atomic mass is 32.2. The molecule has 0 aromatic heterocycles. The molecule has 4 N–H and O–H groups in total. The summed E-state index contributed by atoms with van der Waals surface area (Å²) in [4.78, 5) is 0. The zero-order valence-electron chi connectivity index (χ0n) is 13.0. The van der Waals surface area contributed by atoms with Gasteiger partial charge in [-0.25, -0.2) is 27.1 Å². The van der Waals surface area contributed by atoms with Gasteiger partial charge in [0.1, 0.15) is 10.5 Å². The number of primary sulfonamides is 2. The summed E-state index contributed by atoms with van der Waals surface area (Å²) >= 11 is 0. The van der Waals surface area contributed by atoms with E-state index in [1.165, 1.54) is 26.4 Å². The van der Waals surface area contributed by atoms with Gasteiger partial charge in [0.05, 0.1) is 13.2 Å². The van der Waals surface area contributed by atoms with Crippen molar-refractivity contribution < 1.29 is 26.3 Å². The van der Waals surface area contributed by atoms with E-state index in [1.807, 2.05) is 0 Å². The zero-order valence-corrected chi connectivity index (χ0v) is 14.6. The van der Waals surface area contributed by atoms with Gasteiger partial charge in [-0.3, -0.25) is 0 Å². The third kappa shape index (κ3) is 11.8. The number of allylic oxidation sites excluding steroid dienone is 2. The van der Waals surface area contributed by atoms with Gasteiger partial charge < -0.3 is 9.47 Å². The van der Waals surface area contributed by atoms with Gasteiger partial charge in [-0.15, -0.1) is 13.2 Å². The van der Waals surface area contributed by atoms with Crippen molar-refractivity contribution in [2.45, 2.75) is 23.3 Å². The molecule has 0 saturated carbocycles. The third-order valence-electron chi connectivity index (χ3n) is 2.49. The summed E-state index contributed by atoms with van der Waals surface area (Å²) < 4.78 is 52.4. The number of hydrogen-bond acceptors (Lipinski definition) is 6. The normalized spacial score (nSPS) is 14.4. The lowest BCUT2D eigenvalue weighted by Gasteiger charge is -2.10. The maximum atomic E-state index is 10.8. The minimum atomic E-state index is -3.49. The molecule has 2 atom stereocenters. The lowest BCUT2D eigenvalue weighted by atomic mass is 10.3. The van der Waals surface area contributed by atoms with Gasteiger partial charge in [0.25, 0.3) is 0 Å². The van der Waals surface area contributed by atoms with Crippen LogP contribution < -0.4 is 10.3 Å². The van der Waals surface area contributed by atoms with Crippen LogP contribution in [0.15, 0.2) is 25.3 Å². The van der Waals surface area contributed by atoms with Crippen LogP contribution in [-0.2, 0) is 29.5 Å². The summed E-state index contributed by atoms with van der Waals surface area (Å²) in [7, 11) is -4.11. The highest BCUT2D eigenvalue weighted by Crippen LogP contribution is 2.03. The minimum Gasteiger partial charge on any atom is -0.383 e. The average Bonchev–Trinajstić information content (AvgIpc) is 2.37. The Balaban J connectivity index is 0. The highest BCUT2D eigenvalue weighted by molar-refractivity contribution is 7.90. The van der Waals surface area contributed by atoms with E-state index in [1.54, 1.807) is 0 Å². The molecule has 10 heteroatoms. The van der Waals surface area contributed by atoms with Crippen molar-refractivity contribution in [3.63, 3.8) is 0 Å². The zero-order chi connectivity index (χ0) is 17.8. The molecule has 0 fully saturated rings. The summed E-state index contributed by atoms with van der Waals surface area (Å²) in [5, 5.41) is 8.47. The van der Waals surface area contributed by atoms with Gasteiger partial charge in [-0.1, -0.05) is 12.2 Å². The van der Waals surface area contributed by atoms with Crippen molar-refractivity contribution in [1.82, 2.24) is 0 Å². The summed E-state index contributed by atoms with van der Waals surface area (Å²) in [6, 6.07) is 0. The van der Waals surface area contributed by atoms with E-state index in [0.717, 1.165) is 0 Å². The fraction of sp³-hybridized carbons (Fsp3) is 0.667. The Kier molecular flexibility index (Phi) is 12.5. The van der Waals surface area contributed by atoms with E-state index in [2.05, 4.69) is 22.6 Å². The van der Waals surface area contributed by atoms with Crippen molar-refractivity contribution in [3.05, 3.63) is 25.3 Å². The third-order valence-corrected chi connectivity index (χ3v) is 5.01. The molecule has 0 aromatic carbocycles. The first-order valence-electron chi connectivity index (χ1n) is 6.27. The first kappa shape index (κ1) is 23.5. The van der Waals surface area contributed by atoms with Crippen LogP contribution in [0, 0.1) is 0 Å². The second-order valence-corrected chi connectivity index (χ2v) is 8.07. The van der Waals surface area contributed by atoms with Crippen LogP contribution in [0.4, 0.5) is 0 Å². The lowest BCUT2D eigenvalue weighted by Crippen LogP contribution is -2.31. The van der Waals surface area contributed by atoms with Crippen molar-refractivity contribution >= 4 is 20.0 Å². The van der Waals surface area contributed by atoms with E-state index < -0.39 is 30.5 Å². The topological polar surface area (TPSA) is 139 Å². The molecule has 0 radical (unpaired) electrons. The van der Waals surface area contributed by atoms with Crippen molar-refractivity contribution in [2.24, 2.45) is 10.3 Å². The van der Waals surface area contributed by atoms with Crippen LogP contribution in [0.25, 0.3) is 0 Å². The molecule has 0 heterocycles. The summed E-state index contributed by atoms with van der Waals surface area (Å²) in [6.07, 6.45) is 3.67. The predicted molar refractivity (Wildman–Crippen MR) is 87.2 cm³/mol. The van der Waals surface area contributed by atoms with Gasteiger partial charge in [-0.2, -0.15) is 0 Å². The molecule has 0 unspecified atom stereocenters. The predicted octanol–water partition coefficient (Wildman–Crippen LogP) is -0.268. The molecule has 0 rings (SSSR count). The standard InChI is InChI=1S/2C6H13NO3S/c2*1-3-4-6(5-10-2)11(7,8)9/h2*3,6H,1,4-5H2,2H3,(H2,7,8,9)/t2*6-/m10/s1. The Labute approximate surface area is 133 Å². The first-order chi connectivity index (χ1) is 10.0. The SMILES string of the molecule is C=CC[C@@H](COC)S(N)(=O)=O.C=CC[C@H](COC)S(N)(=O)=O. The smallest absolute Gasteiger partial charge is 0.214 e. The lowest BCUT2D eigenvalue weighted by molar-refractivity contribution is 0.197. The number of sulfonamides is 2. The number of methoxy groups -OCH3 is 2. The monoisotopic (exact) mass is 358 g/mol. The van der Waals surface area contributed by atoms with E-state index >= 15 is 0 Å². The molecule has 22 heavy (non-hydrogen) atoms. The Hall–Kier alpha value is -0.780. The van der Waals surface area contributed by atoms with Crippen LogP contribution in [0.1, 0.15) is 12.8 Å². The molecule has 8 nitrogen and oxygen atoms in total. The Morgan fingerprint density at radius 3 is 1.27 bits per heavy atom. The number of hydrogen-bond donors (Lipinski definition) is 2. The summed E-state index contributed by atoms with van der Waals surface area (Å²) in [5.74, 6) is 0. The molecule has 0 saturated heterocycles. The minimum absolute atomic E-state index is 0.116. The molecule has 0 aromatic rings. The van der Waals surface area contributed by atoms with E-state index in [0.29, 0.717) is 12.8 Å². The van der Waals surface area contributed by atoms with Crippen molar-refractivity contribution in [2.75, 3.05) is 27.4 Å². The van der Waals surface area contributed by atoms with Crippen LogP contribution in [-0.4, -0.2) is 54.8 Å². The molecular formula is C12H26N2O6S2. The second kappa shape index (κ2) is 11.7. The largest absolute Gasteiger partial charge is 0.383 e. The van der Waals surface area contributed by atoms with Crippen molar-refractivity contribution in [1.29, 1.82) is 0 Å². The maximum absolute atomic E-state index is 10.8. The highest BCUT2D eigenvalue weighted by Gasteiger charge is 2.19. The fourth-order valence-electron chi connectivity index (χ4n) is 1.34. The quantitative estimate of drug-likeness (QED) is 0.515. The number of nitrogens with two attached hydrogens (primary N) is 2. The van der Waals surface area contributed by atoms with E-state index in [-0.39, 0.29) is 13.2 Å². The summed E-state index contributed by atoms with van der Waals surface area (Å²) in [6.45, 7) is 7.07. The maximum Gasteiger partial charge on any atom is 0.214 e. The molecule has 132 valence electrons. The van der Waals surface area contributed by atoms with Gasteiger partial charge in [-0.05, 0) is 12.8 Å². The Morgan fingerprint density at radius 1 is 0.864 bits per heavy atom. The van der Waals surface area contributed by atoms with Gasteiger partial charge in [0.15, 0.2) is 0 Å². The molecule has 0 spiro atoms. The first-order valence-corrected chi connectivity index (χ1v) is 9.49. The molecule has 0 aliphatic carbocycles. The van der Waals surface area contributed by atoms with Crippen LogP contribution >= 0.6 is 0 Å². The molecular weight excluding hydrogens is 332 g/mol. The van der Waals surface area contributed by atoms with E-state index in [4.69, 9.17) is 10.3 Å². The molecule has 0 aliphatic heterocycles. The molecule has 0 bridgehead atoms. The molecule has 0 amide bonds. The fourth-order valence-corrected chi connectivity index (χ4v) is 2.80. The van der Waals surface area contributed by atoms with Crippen LogP contribution in [0.3, 0.4) is 0 Å². The second-order valence-electron chi connectivity index (χ2n) is 4.38. The summed E-state index contributed by atoms with van der Waals surface area (Å²) in [5.41, 5.74) is 0. The van der Waals surface area contributed by atoms with Gasteiger partial charge >= 0.3 is 0 Å². The molecule has 0 aliphatic rings. The Morgan fingerprint density at radius 2 is 1.14 bits per heavy atom. The van der Waals surface area contributed by atoms with Gasteiger partial charge in [0, 0.05) is 14.2 Å². The van der Waals surface area contributed by atoms with Crippen LogP contribution in [0.2, 0.25) is 0 Å². The van der Waals surface area contributed by atoms with E-state index in [9.17, 15) is 16.8 Å². The number of rotatable bonds is 10. The Bertz CT molecular complexity index is 468. The van der Waals surface area contributed by atoms with Crippen LogP contribution in [0.5, 0.6) is 0 Å².